The maximum absolute atomic E-state index is 12.6. The molecule has 0 aliphatic heterocycles. The number of thioether (sulfide) groups is 2. The lowest BCUT2D eigenvalue weighted by Gasteiger charge is -2.40. The Morgan fingerprint density at radius 3 is 2.24 bits per heavy atom. The summed E-state index contributed by atoms with van der Waals surface area (Å²) >= 11 is 2.64. The van der Waals surface area contributed by atoms with Gasteiger partial charge in [0, 0.05) is 16.8 Å². The molecule has 1 aliphatic carbocycles. The summed E-state index contributed by atoms with van der Waals surface area (Å²) in [4.78, 5) is 23.9. The van der Waals surface area contributed by atoms with Crippen molar-refractivity contribution in [3.05, 3.63) is 0 Å². The Kier molecular flexibility index (Phi) is 14.9. The minimum Gasteiger partial charge on any atom is -0.390 e. The third-order valence-corrected chi connectivity index (χ3v) is 8.61. The second kappa shape index (κ2) is 16.2. The van der Waals surface area contributed by atoms with Gasteiger partial charge in [0.05, 0.1) is 30.3 Å². The zero-order chi connectivity index (χ0) is 25.0. The van der Waals surface area contributed by atoms with Gasteiger partial charge in [-0.15, -0.1) is 0 Å². The van der Waals surface area contributed by atoms with Crippen molar-refractivity contribution < 1.29 is 35.1 Å². The number of aliphatic hydroxyl groups is 5. The monoisotopic (exact) mass is 510 g/mol. The van der Waals surface area contributed by atoms with E-state index in [1.165, 1.54) is 32.6 Å². The molecule has 0 bridgehead atoms. The van der Waals surface area contributed by atoms with E-state index in [0.717, 1.165) is 30.4 Å². The number of hydrogen-bond donors (Lipinski definition) is 7. The minimum absolute atomic E-state index is 0.0401. The Morgan fingerprint density at radius 1 is 1.00 bits per heavy atom. The number of carbonyl (C=O) groups excluding carboxylic acids is 2. The fourth-order valence-electron chi connectivity index (χ4n) is 3.68. The van der Waals surface area contributed by atoms with E-state index in [1.807, 2.05) is 0 Å². The van der Waals surface area contributed by atoms with Crippen LogP contribution in [0, 0.1) is 5.92 Å². The van der Waals surface area contributed by atoms with E-state index >= 15 is 0 Å². The summed E-state index contributed by atoms with van der Waals surface area (Å²) in [6, 6.07) is -0.930. The summed E-state index contributed by atoms with van der Waals surface area (Å²) in [6.07, 6.45) is 0.878. The van der Waals surface area contributed by atoms with Crippen LogP contribution < -0.4 is 11.1 Å². The number of carbonyl (C=O) groups is 2. The molecule has 0 aromatic carbocycles. The van der Waals surface area contributed by atoms with Crippen molar-refractivity contribution in [1.29, 1.82) is 0 Å². The van der Waals surface area contributed by atoms with Gasteiger partial charge in [-0.25, -0.2) is 0 Å². The molecule has 11 heteroatoms. The molecule has 0 heterocycles. The Bertz CT molecular complexity index is 587. The SMILES string of the molecule is CCCCCCCCSC[C@@H](O)[C@H](O)CS[C@@H]1[C@@H](O)[C@@H](O)[C@H](O)C[C@@H]1C(=O)N[C@@H](C)C(N)=O. The molecule has 0 saturated heterocycles. The van der Waals surface area contributed by atoms with E-state index < -0.39 is 59.5 Å². The van der Waals surface area contributed by atoms with E-state index in [0.29, 0.717) is 5.75 Å². The van der Waals surface area contributed by atoms with Crippen LogP contribution in [0.4, 0.5) is 0 Å². The normalized spacial score (nSPS) is 28.2. The maximum Gasteiger partial charge on any atom is 0.239 e. The first-order valence-electron chi connectivity index (χ1n) is 11.8. The molecular formula is C22H42N2O7S2. The Balaban J connectivity index is 2.52. The first kappa shape index (κ1) is 30.5. The molecule has 1 aliphatic rings. The van der Waals surface area contributed by atoms with Gasteiger partial charge in [0.15, 0.2) is 0 Å². The molecule has 1 saturated carbocycles. The second-order valence-electron chi connectivity index (χ2n) is 8.80. The third kappa shape index (κ3) is 10.7. The van der Waals surface area contributed by atoms with Crippen LogP contribution in [-0.4, -0.2) is 96.4 Å². The van der Waals surface area contributed by atoms with E-state index in [2.05, 4.69) is 12.2 Å². The predicted molar refractivity (Wildman–Crippen MR) is 132 cm³/mol. The largest absolute Gasteiger partial charge is 0.390 e. The molecule has 0 radical (unpaired) electrons. The van der Waals surface area contributed by atoms with Crippen molar-refractivity contribution in [3.8, 4) is 0 Å². The van der Waals surface area contributed by atoms with Crippen LogP contribution >= 0.6 is 23.5 Å². The van der Waals surface area contributed by atoms with Crippen LogP contribution in [0.3, 0.4) is 0 Å². The number of unbranched alkanes of at least 4 members (excludes halogenated alkanes) is 5. The average molecular weight is 511 g/mol. The van der Waals surface area contributed by atoms with Crippen LogP contribution in [0.2, 0.25) is 0 Å². The van der Waals surface area contributed by atoms with Crippen molar-refractivity contribution in [2.75, 3.05) is 17.3 Å². The highest BCUT2D eigenvalue weighted by molar-refractivity contribution is 8.00. The summed E-state index contributed by atoms with van der Waals surface area (Å²) in [5, 5.41) is 52.8. The number of rotatable bonds is 16. The minimum atomic E-state index is -1.44. The Labute approximate surface area is 205 Å². The van der Waals surface area contributed by atoms with Gasteiger partial charge in [-0.2, -0.15) is 23.5 Å². The van der Waals surface area contributed by atoms with Gasteiger partial charge < -0.3 is 36.6 Å². The zero-order valence-electron chi connectivity index (χ0n) is 19.6. The Morgan fingerprint density at radius 2 is 1.61 bits per heavy atom. The number of aliphatic hydroxyl groups excluding tert-OH is 5. The molecule has 0 unspecified atom stereocenters. The molecule has 9 nitrogen and oxygen atoms in total. The number of nitrogens with two attached hydrogens (primary N) is 1. The molecule has 0 aromatic rings. The zero-order valence-corrected chi connectivity index (χ0v) is 21.3. The van der Waals surface area contributed by atoms with Crippen molar-refractivity contribution in [2.45, 2.75) is 101 Å². The maximum atomic E-state index is 12.6. The fraction of sp³-hybridized carbons (Fsp3) is 0.909. The molecule has 0 spiro atoms. The van der Waals surface area contributed by atoms with Gasteiger partial charge in [0.2, 0.25) is 11.8 Å². The summed E-state index contributed by atoms with van der Waals surface area (Å²) < 4.78 is 0. The average Bonchev–Trinajstić information content (AvgIpc) is 2.77. The molecule has 1 rings (SSSR count). The number of hydrogen-bond acceptors (Lipinski definition) is 9. The van der Waals surface area contributed by atoms with Gasteiger partial charge in [-0.1, -0.05) is 39.0 Å². The first-order valence-corrected chi connectivity index (χ1v) is 14.0. The van der Waals surface area contributed by atoms with Crippen molar-refractivity contribution in [3.63, 3.8) is 0 Å². The van der Waals surface area contributed by atoms with Gasteiger partial charge in [0.25, 0.3) is 0 Å². The lowest BCUT2D eigenvalue weighted by molar-refractivity contribution is -0.138. The van der Waals surface area contributed by atoms with Gasteiger partial charge in [0.1, 0.15) is 12.1 Å². The predicted octanol–water partition coefficient (Wildman–Crippen LogP) is -0.00370. The highest BCUT2D eigenvalue weighted by Crippen LogP contribution is 2.35. The topological polar surface area (TPSA) is 173 Å². The number of amides is 2. The van der Waals surface area contributed by atoms with Crippen LogP contribution in [-0.2, 0) is 9.59 Å². The van der Waals surface area contributed by atoms with Gasteiger partial charge >= 0.3 is 0 Å². The second-order valence-corrected chi connectivity index (χ2v) is 11.2. The third-order valence-electron chi connectivity index (χ3n) is 5.93. The smallest absolute Gasteiger partial charge is 0.239 e. The molecule has 2 amide bonds. The molecule has 1 fully saturated rings. The van der Waals surface area contributed by atoms with E-state index in [-0.39, 0.29) is 12.2 Å². The molecule has 8 N–H and O–H groups in total. The molecule has 0 aromatic heterocycles. The van der Waals surface area contributed by atoms with E-state index in [1.54, 1.807) is 11.8 Å². The highest BCUT2D eigenvalue weighted by Gasteiger charge is 2.46. The van der Waals surface area contributed by atoms with Crippen LogP contribution in [0.5, 0.6) is 0 Å². The molecule has 8 atom stereocenters. The van der Waals surface area contributed by atoms with Gasteiger partial charge in [-0.3, -0.25) is 9.59 Å². The van der Waals surface area contributed by atoms with E-state index in [4.69, 9.17) is 5.73 Å². The van der Waals surface area contributed by atoms with Crippen LogP contribution in [0.1, 0.15) is 58.8 Å². The summed E-state index contributed by atoms with van der Waals surface area (Å²) in [7, 11) is 0. The van der Waals surface area contributed by atoms with Crippen molar-refractivity contribution in [1.82, 2.24) is 5.32 Å². The van der Waals surface area contributed by atoms with E-state index in [9.17, 15) is 35.1 Å². The van der Waals surface area contributed by atoms with Crippen LogP contribution in [0.25, 0.3) is 0 Å². The first-order chi connectivity index (χ1) is 15.6. The molecule has 33 heavy (non-hydrogen) atoms. The molecular weight excluding hydrogens is 468 g/mol. The van der Waals surface area contributed by atoms with Crippen LogP contribution in [0.15, 0.2) is 0 Å². The van der Waals surface area contributed by atoms with Crippen molar-refractivity contribution >= 4 is 35.3 Å². The number of primary amides is 1. The summed E-state index contributed by atoms with van der Waals surface area (Å²) in [5.41, 5.74) is 5.18. The summed E-state index contributed by atoms with van der Waals surface area (Å²) in [5.74, 6) is -0.871. The molecule has 194 valence electrons. The highest BCUT2D eigenvalue weighted by atomic mass is 32.2. The van der Waals surface area contributed by atoms with Crippen molar-refractivity contribution in [2.24, 2.45) is 11.7 Å². The lowest BCUT2D eigenvalue weighted by Crippen LogP contribution is -2.57. The Hall–Kier alpha value is -0.560. The fourth-order valence-corrected chi connectivity index (χ4v) is 6.18. The standard InChI is InChI=1S/C22H42N2O7S2/c1-3-4-5-6-7-8-9-32-11-16(26)17(27)12-33-20-14(10-15(25)18(28)19(20)29)22(31)24-13(2)21(23)30/h13-20,25-29H,3-12H2,1-2H3,(H2,23,30)(H,24,31)/t13-,14-,15+,16+,17+,18-,19-,20-/m0/s1. The van der Waals surface area contributed by atoms with Gasteiger partial charge in [-0.05, 0) is 25.5 Å². The summed E-state index contributed by atoms with van der Waals surface area (Å²) in [6.45, 7) is 3.61. The quantitative estimate of drug-likeness (QED) is 0.141. The number of nitrogens with one attached hydrogen (secondary N) is 1. The lowest BCUT2D eigenvalue weighted by atomic mass is 9.82.